The fourth-order valence-corrected chi connectivity index (χ4v) is 3.52. The Morgan fingerprint density at radius 3 is 2.30 bits per heavy atom. The smallest absolute Gasteiger partial charge is 0.120 e. The van der Waals surface area contributed by atoms with Gasteiger partial charge in [0, 0.05) is 50.9 Å². The highest BCUT2D eigenvalue weighted by Gasteiger charge is 2.29. The van der Waals surface area contributed by atoms with Gasteiger partial charge in [0.25, 0.3) is 0 Å². The maximum Gasteiger partial charge on any atom is 0.120 e. The third-order valence-corrected chi connectivity index (χ3v) is 4.70. The van der Waals surface area contributed by atoms with Crippen molar-refractivity contribution in [2.75, 3.05) is 32.8 Å². The molecule has 4 heteroatoms. The summed E-state index contributed by atoms with van der Waals surface area (Å²) in [5.74, 6) is 5.87. The fourth-order valence-electron chi connectivity index (χ4n) is 3.52. The normalized spacial score (nSPS) is 19.6. The molecule has 2 rings (SSSR count). The Morgan fingerprint density at radius 2 is 1.74 bits per heavy atom. The molecule has 1 saturated heterocycles. The average molecular weight is 373 g/mol. The molecule has 1 aromatic carbocycles. The van der Waals surface area contributed by atoms with Crippen molar-refractivity contribution in [2.24, 2.45) is 5.41 Å². The van der Waals surface area contributed by atoms with Crippen molar-refractivity contribution in [3.63, 3.8) is 0 Å². The monoisotopic (exact) mass is 372 g/mol. The number of piperazine rings is 1. The van der Waals surface area contributed by atoms with E-state index in [1.165, 1.54) is 5.56 Å². The van der Waals surface area contributed by atoms with Gasteiger partial charge in [0.1, 0.15) is 5.60 Å². The summed E-state index contributed by atoms with van der Waals surface area (Å²) in [4.78, 5) is 5.03. The molecular formula is C23H36N2O2. The van der Waals surface area contributed by atoms with Crippen LogP contribution in [0.5, 0.6) is 0 Å². The number of nitrogens with zero attached hydrogens (tertiary/aromatic N) is 2. The van der Waals surface area contributed by atoms with Crippen molar-refractivity contribution < 1.29 is 10.2 Å². The van der Waals surface area contributed by atoms with E-state index in [9.17, 15) is 10.2 Å². The van der Waals surface area contributed by atoms with E-state index in [1.54, 1.807) is 13.8 Å². The topological polar surface area (TPSA) is 46.9 Å². The summed E-state index contributed by atoms with van der Waals surface area (Å²) in [6, 6.07) is 8.71. The lowest BCUT2D eigenvalue weighted by Crippen LogP contribution is -2.54. The number of hydrogen-bond acceptors (Lipinski definition) is 4. The minimum Gasteiger partial charge on any atom is -0.396 e. The third kappa shape index (κ3) is 8.02. The Balaban J connectivity index is 1.96. The van der Waals surface area contributed by atoms with Crippen LogP contribution in [-0.4, -0.2) is 64.4 Å². The van der Waals surface area contributed by atoms with Crippen molar-refractivity contribution >= 4 is 0 Å². The minimum absolute atomic E-state index is 0.244. The van der Waals surface area contributed by atoms with Crippen LogP contribution in [-0.2, 0) is 6.54 Å². The molecule has 0 aliphatic carbocycles. The summed E-state index contributed by atoms with van der Waals surface area (Å²) in [5, 5.41) is 19.2. The molecule has 1 atom stereocenters. The highest BCUT2D eigenvalue weighted by atomic mass is 16.3. The van der Waals surface area contributed by atoms with Gasteiger partial charge in [-0.3, -0.25) is 9.80 Å². The molecule has 0 saturated carbocycles. The first-order chi connectivity index (χ1) is 12.6. The van der Waals surface area contributed by atoms with Crippen LogP contribution in [0.4, 0.5) is 0 Å². The Hall–Kier alpha value is -1.38. The van der Waals surface area contributed by atoms with Gasteiger partial charge < -0.3 is 10.2 Å². The Labute approximate surface area is 165 Å². The molecule has 1 heterocycles. The second-order valence-corrected chi connectivity index (χ2v) is 9.44. The Kier molecular flexibility index (Phi) is 7.47. The zero-order valence-electron chi connectivity index (χ0n) is 17.6. The summed E-state index contributed by atoms with van der Waals surface area (Å²) in [5.41, 5.74) is 1.51. The molecule has 0 amide bonds. The summed E-state index contributed by atoms with van der Waals surface area (Å²) < 4.78 is 0. The molecule has 27 heavy (non-hydrogen) atoms. The van der Waals surface area contributed by atoms with E-state index in [4.69, 9.17) is 0 Å². The van der Waals surface area contributed by atoms with Gasteiger partial charge in [0.05, 0.1) is 0 Å². The zero-order valence-corrected chi connectivity index (χ0v) is 17.6. The largest absolute Gasteiger partial charge is 0.396 e. The first-order valence-corrected chi connectivity index (χ1v) is 9.97. The van der Waals surface area contributed by atoms with Crippen LogP contribution >= 0.6 is 0 Å². The minimum atomic E-state index is -0.965. The SMILES string of the molecule is CC(C)(O)C#Cc1ccc(CN2CCN(CC(C)(C)C)[C@@H](CCO)C2)cc1. The number of benzene rings is 1. The van der Waals surface area contributed by atoms with Gasteiger partial charge in [0.2, 0.25) is 0 Å². The number of rotatable bonds is 5. The lowest BCUT2D eigenvalue weighted by molar-refractivity contribution is 0.0340. The molecular weight excluding hydrogens is 336 g/mol. The Bertz CT molecular complexity index is 644. The van der Waals surface area contributed by atoms with Crippen LogP contribution in [0.1, 0.15) is 52.2 Å². The molecule has 0 radical (unpaired) electrons. The molecule has 0 spiro atoms. The Morgan fingerprint density at radius 1 is 1.07 bits per heavy atom. The highest BCUT2D eigenvalue weighted by Crippen LogP contribution is 2.22. The fraction of sp³-hybridized carbons (Fsp3) is 0.652. The lowest BCUT2D eigenvalue weighted by Gasteiger charge is -2.44. The van der Waals surface area contributed by atoms with Gasteiger partial charge in [-0.15, -0.1) is 0 Å². The summed E-state index contributed by atoms with van der Waals surface area (Å²) in [6.07, 6.45) is 0.831. The van der Waals surface area contributed by atoms with Gasteiger partial charge in [0.15, 0.2) is 0 Å². The molecule has 4 nitrogen and oxygen atoms in total. The molecule has 0 aromatic heterocycles. The predicted octanol–water partition coefficient (Wildman–Crippen LogP) is 2.72. The van der Waals surface area contributed by atoms with Crippen molar-refractivity contribution in [2.45, 2.75) is 59.2 Å². The maximum absolute atomic E-state index is 9.71. The van der Waals surface area contributed by atoms with E-state index in [0.29, 0.717) is 6.04 Å². The van der Waals surface area contributed by atoms with Crippen LogP contribution < -0.4 is 0 Å². The zero-order chi connectivity index (χ0) is 20.1. The van der Waals surface area contributed by atoms with E-state index >= 15 is 0 Å². The second kappa shape index (κ2) is 9.21. The summed E-state index contributed by atoms with van der Waals surface area (Å²) in [6.45, 7) is 15.5. The maximum atomic E-state index is 9.71. The quantitative estimate of drug-likeness (QED) is 0.780. The van der Waals surface area contributed by atoms with E-state index < -0.39 is 5.60 Å². The van der Waals surface area contributed by atoms with Crippen molar-refractivity contribution in [3.8, 4) is 11.8 Å². The van der Waals surface area contributed by atoms with Gasteiger partial charge >= 0.3 is 0 Å². The van der Waals surface area contributed by atoms with E-state index in [2.05, 4.69) is 54.5 Å². The van der Waals surface area contributed by atoms with E-state index in [1.807, 2.05) is 12.1 Å². The van der Waals surface area contributed by atoms with Gasteiger partial charge in [-0.1, -0.05) is 44.7 Å². The molecule has 1 fully saturated rings. The van der Waals surface area contributed by atoms with Gasteiger partial charge in [-0.05, 0) is 43.4 Å². The van der Waals surface area contributed by atoms with E-state index in [-0.39, 0.29) is 12.0 Å². The molecule has 2 N–H and O–H groups in total. The number of hydrogen-bond donors (Lipinski definition) is 2. The number of aliphatic hydroxyl groups excluding tert-OH is 1. The molecule has 1 aliphatic rings. The first kappa shape index (κ1) is 21.9. The predicted molar refractivity (Wildman–Crippen MR) is 111 cm³/mol. The van der Waals surface area contributed by atoms with Gasteiger partial charge in [-0.2, -0.15) is 0 Å². The summed E-state index contributed by atoms with van der Waals surface area (Å²) >= 11 is 0. The van der Waals surface area contributed by atoms with Gasteiger partial charge in [-0.25, -0.2) is 0 Å². The summed E-state index contributed by atoms with van der Waals surface area (Å²) in [7, 11) is 0. The van der Waals surface area contributed by atoms with Crippen molar-refractivity contribution in [1.29, 1.82) is 0 Å². The lowest BCUT2D eigenvalue weighted by atomic mass is 9.94. The van der Waals surface area contributed by atoms with Crippen LogP contribution in [0.25, 0.3) is 0 Å². The second-order valence-electron chi connectivity index (χ2n) is 9.44. The van der Waals surface area contributed by atoms with Crippen LogP contribution in [0, 0.1) is 17.3 Å². The van der Waals surface area contributed by atoms with Crippen LogP contribution in [0.3, 0.4) is 0 Å². The molecule has 0 bridgehead atoms. The third-order valence-electron chi connectivity index (χ3n) is 4.70. The first-order valence-electron chi connectivity index (χ1n) is 9.97. The molecule has 0 unspecified atom stereocenters. The number of aliphatic hydroxyl groups is 2. The highest BCUT2D eigenvalue weighted by molar-refractivity contribution is 5.37. The van der Waals surface area contributed by atoms with Crippen molar-refractivity contribution in [3.05, 3.63) is 35.4 Å². The average Bonchev–Trinajstić information content (AvgIpc) is 2.55. The molecule has 1 aliphatic heterocycles. The van der Waals surface area contributed by atoms with Crippen molar-refractivity contribution in [1.82, 2.24) is 9.80 Å². The molecule has 1 aromatic rings. The molecule has 150 valence electrons. The van der Waals surface area contributed by atoms with Crippen LogP contribution in [0.2, 0.25) is 0 Å². The van der Waals surface area contributed by atoms with E-state index in [0.717, 1.165) is 44.7 Å². The van der Waals surface area contributed by atoms with Crippen LogP contribution in [0.15, 0.2) is 24.3 Å². The standard InChI is InChI=1S/C23H36N2O2/c1-22(2,3)18-25-14-13-24(17-21(25)11-15-26)16-20-8-6-19(7-9-20)10-12-23(4,5)27/h6-9,21,26-27H,11,13-18H2,1-5H3/t21-/m0/s1.